The number of fused-ring (bicyclic) bond motifs is 5. The van der Waals surface area contributed by atoms with Crippen molar-refractivity contribution in [1.29, 1.82) is 0 Å². The summed E-state index contributed by atoms with van der Waals surface area (Å²) in [6.07, 6.45) is 8.48. The molecule has 0 unspecified atom stereocenters. The molecule has 8 rings (SSSR count). The van der Waals surface area contributed by atoms with Crippen LogP contribution in [0.25, 0.3) is 16.6 Å². The Balaban J connectivity index is 0.878. The molecule has 2 aromatic carbocycles. The van der Waals surface area contributed by atoms with E-state index < -0.39 is 31.8 Å². The third-order valence-corrected chi connectivity index (χ3v) is 20.3. The lowest BCUT2D eigenvalue weighted by Gasteiger charge is -2.38. The normalized spacial score (nSPS) is 24.0. The number of rotatable bonds is 9. The Bertz CT molecular complexity index is 2420. The fraction of sp³-hybridized carbons (Fsp3) is 0.625. The van der Waals surface area contributed by atoms with Crippen LogP contribution in [0.4, 0.5) is 0 Å². The number of hydrogen-bond donors (Lipinski definition) is 1. The Labute approximate surface area is 376 Å². The van der Waals surface area contributed by atoms with Gasteiger partial charge < -0.3 is 19.3 Å². The molecular weight excluding hydrogens is 863 g/mol. The van der Waals surface area contributed by atoms with E-state index in [9.17, 15) is 19.5 Å². The molecule has 0 bridgehead atoms. The third kappa shape index (κ3) is 8.26. The van der Waals surface area contributed by atoms with E-state index in [1.807, 2.05) is 45.2 Å². The van der Waals surface area contributed by atoms with Gasteiger partial charge in [0, 0.05) is 36.1 Å². The number of benzene rings is 2. The van der Waals surface area contributed by atoms with Crippen molar-refractivity contribution in [3.63, 3.8) is 0 Å². The SMILES string of the molecule is CC1(C)c2ccc(C3CCN(CC4CCC(c5cn([C@H](C(=O)N6C[C@H](O[Si](C)(C)C(C)(C)C)C[C@H]6C(=O)O)C(C)(C)C)nn5)CC4)CC3)cc2-n2c1nc(=O)c1c(Br)cccc12. The first-order valence-electron chi connectivity index (χ1n) is 22.8. The van der Waals surface area contributed by atoms with E-state index in [0.29, 0.717) is 17.2 Å². The van der Waals surface area contributed by atoms with Crippen LogP contribution in [0.15, 0.2) is 51.9 Å². The lowest BCUT2D eigenvalue weighted by Crippen LogP contribution is -2.48. The summed E-state index contributed by atoms with van der Waals surface area (Å²) in [6.45, 7) is 24.7. The molecule has 1 saturated carbocycles. The molecule has 4 aliphatic rings. The average molecular weight is 929 g/mol. The van der Waals surface area contributed by atoms with Crippen molar-refractivity contribution in [3.05, 3.63) is 80.1 Å². The summed E-state index contributed by atoms with van der Waals surface area (Å²) in [6, 6.07) is 11.2. The van der Waals surface area contributed by atoms with Crippen molar-refractivity contribution in [2.24, 2.45) is 11.3 Å². The molecule has 14 heteroatoms. The Morgan fingerprint density at radius 3 is 2.32 bits per heavy atom. The Hall–Kier alpha value is -3.72. The van der Waals surface area contributed by atoms with Gasteiger partial charge in [0.05, 0.1) is 33.8 Å². The van der Waals surface area contributed by atoms with Gasteiger partial charge in [-0.25, -0.2) is 9.48 Å². The van der Waals surface area contributed by atoms with Crippen LogP contribution in [0.2, 0.25) is 18.1 Å². The highest BCUT2D eigenvalue weighted by atomic mass is 79.9. The highest BCUT2D eigenvalue weighted by Gasteiger charge is 2.49. The number of amides is 1. The first kappa shape index (κ1) is 44.9. The van der Waals surface area contributed by atoms with Gasteiger partial charge >= 0.3 is 5.97 Å². The predicted octanol–water partition coefficient (Wildman–Crippen LogP) is 9.20. The van der Waals surface area contributed by atoms with Crippen LogP contribution >= 0.6 is 15.9 Å². The summed E-state index contributed by atoms with van der Waals surface area (Å²) in [7, 11) is -2.17. The van der Waals surface area contributed by atoms with Crippen molar-refractivity contribution in [2.45, 2.75) is 154 Å². The van der Waals surface area contributed by atoms with Gasteiger partial charge in [0.1, 0.15) is 17.9 Å². The molecule has 62 heavy (non-hydrogen) atoms. The minimum atomic E-state index is -2.17. The van der Waals surface area contributed by atoms with E-state index in [2.05, 4.69) is 107 Å². The molecule has 1 amide bonds. The first-order valence-corrected chi connectivity index (χ1v) is 26.5. The average Bonchev–Trinajstić information content (AvgIpc) is 3.90. The standard InChI is InChI=1S/C48H66BrN7O5Si/c1-46(2,3)41(43(58)54-27-33(25-39(54)44(59)60)61-62(9,10)47(4,5)6)55-28-36(51-52-55)31-16-14-29(15-17-31)26-53-22-20-30(21-23-53)32-18-19-34-38(24-32)56-37-13-11-12-35(49)40(37)42(57)50-45(56)48(34,7)8/h11-13,18-19,24,28-31,33,39,41H,14-17,20-23,25-27H2,1-10H3,(H,59,60)/t29?,31?,33-,39+,41-/m1/s1. The van der Waals surface area contributed by atoms with Crippen LogP contribution < -0.4 is 5.56 Å². The fourth-order valence-corrected chi connectivity index (χ4v) is 12.5. The maximum absolute atomic E-state index is 14.4. The monoisotopic (exact) mass is 927 g/mol. The second kappa shape index (κ2) is 16.4. The Kier molecular flexibility index (Phi) is 11.8. The van der Waals surface area contributed by atoms with Crippen molar-refractivity contribution >= 4 is 47.0 Å². The van der Waals surface area contributed by atoms with Gasteiger partial charge in [0.25, 0.3) is 5.56 Å². The molecule has 2 aromatic heterocycles. The van der Waals surface area contributed by atoms with Gasteiger partial charge in [0.2, 0.25) is 5.91 Å². The summed E-state index contributed by atoms with van der Waals surface area (Å²) >= 11 is 3.61. The van der Waals surface area contributed by atoms with Gasteiger partial charge in [-0.2, -0.15) is 4.98 Å². The minimum Gasteiger partial charge on any atom is -0.480 e. The molecule has 2 saturated heterocycles. The highest BCUT2D eigenvalue weighted by molar-refractivity contribution is 9.10. The van der Waals surface area contributed by atoms with Gasteiger partial charge in [0.15, 0.2) is 8.32 Å². The van der Waals surface area contributed by atoms with Crippen molar-refractivity contribution in [3.8, 4) is 5.69 Å². The first-order chi connectivity index (χ1) is 29.0. The summed E-state index contributed by atoms with van der Waals surface area (Å²) in [5.41, 5.74) is 4.43. The lowest BCUT2D eigenvalue weighted by atomic mass is 9.80. The molecule has 1 N–H and O–H groups in total. The highest BCUT2D eigenvalue weighted by Crippen LogP contribution is 2.46. The number of aliphatic carboxylic acids is 1. The lowest BCUT2D eigenvalue weighted by molar-refractivity contribution is -0.151. The zero-order valence-corrected chi connectivity index (χ0v) is 41.0. The minimum absolute atomic E-state index is 0.0272. The third-order valence-electron chi connectivity index (χ3n) is 15.1. The van der Waals surface area contributed by atoms with Gasteiger partial charge in [-0.3, -0.25) is 14.2 Å². The maximum Gasteiger partial charge on any atom is 0.326 e. The number of carboxylic acids is 1. The van der Waals surface area contributed by atoms with Crippen LogP contribution in [0.5, 0.6) is 0 Å². The quantitative estimate of drug-likeness (QED) is 0.163. The Morgan fingerprint density at radius 1 is 0.984 bits per heavy atom. The van der Waals surface area contributed by atoms with E-state index in [1.165, 1.54) is 16.0 Å². The second-order valence-electron chi connectivity index (χ2n) is 21.9. The van der Waals surface area contributed by atoms with Crippen molar-refractivity contribution in [1.82, 2.24) is 34.3 Å². The van der Waals surface area contributed by atoms with Gasteiger partial charge in [-0.05, 0) is 146 Å². The molecule has 3 atom stereocenters. The molecule has 4 aromatic rings. The Morgan fingerprint density at radius 2 is 1.68 bits per heavy atom. The molecule has 3 fully saturated rings. The number of aromatic nitrogens is 5. The molecule has 5 heterocycles. The number of carbonyl (C=O) groups excluding carboxylic acids is 1. The van der Waals surface area contributed by atoms with E-state index in [-0.39, 0.29) is 46.9 Å². The fourth-order valence-electron chi connectivity index (χ4n) is 10.6. The zero-order valence-electron chi connectivity index (χ0n) is 38.4. The van der Waals surface area contributed by atoms with Crippen molar-refractivity contribution in [2.75, 3.05) is 26.2 Å². The molecule has 1 aliphatic carbocycles. The smallest absolute Gasteiger partial charge is 0.326 e. The van der Waals surface area contributed by atoms with Crippen LogP contribution in [0.3, 0.4) is 0 Å². The summed E-state index contributed by atoms with van der Waals surface area (Å²) in [4.78, 5) is 48.9. The van der Waals surface area contributed by atoms with Gasteiger partial charge in [-0.1, -0.05) is 65.0 Å². The van der Waals surface area contributed by atoms with E-state index in [4.69, 9.17) is 4.43 Å². The topological polar surface area (TPSA) is 136 Å². The maximum atomic E-state index is 14.4. The molecule has 334 valence electrons. The number of piperidine rings is 1. The largest absolute Gasteiger partial charge is 0.480 e. The van der Waals surface area contributed by atoms with E-state index in [1.54, 1.807) is 4.68 Å². The molecule has 12 nitrogen and oxygen atoms in total. The molecule has 0 radical (unpaired) electrons. The summed E-state index contributed by atoms with van der Waals surface area (Å²) in [5.74, 6) is 0.958. The number of hydrogen-bond acceptors (Lipinski definition) is 8. The molecule has 3 aliphatic heterocycles. The van der Waals surface area contributed by atoms with Gasteiger partial charge in [-0.15, -0.1) is 5.10 Å². The van der Waals surface area contributed by atoms with Crippen LogP contribution in [0.1, 0.15) is 141 Å². The van der Waals surface area contributed by atoms with Crippen LogP contribution in [0, 0.1) is 11.3 Å². The molecular formula is C48H66BrN7O5Si. The van der Waals surface area contributed by atoms with Crippen molar-refractivity contribution < 1.29 is 19.1 Å². The molecule has 0 spiro atoms. The van der Waals surface area contributed by atoms with E-state index >= 15 is 0 Å². The number of likely N-dealkylation sites (tertiary alicyclic amines) is 2. The summed E-state index contributed by atoms with van der Waals surface area (Å²) in [5, 5.41) is 20.0. The second-order valence-corrected chi connectivity index (χ2v) is 27.5. The zero-order chi connectivity index (χ0) is 44.7. The number of carbonyl (C=O) groups is 2. The van der Waals surface area contributed by atoms with E-state index in [0.717, 1.165) is 85.4 Å². The number of halogens is 1. The predicted molar refractivity (Wildman–Crippen MR) is 249 cm³/mol. The summed E-state index contributed by atoms with van der Waals surface area (Å²) < 4.78 is 11.3. The number of carboxylic acid groups (broad SMARTS) is 1. The number of nitrogens with zero attached hydrogens (tertiary/aromatic N) is 7. The van der Waals surface area contributed by atoms with Crippen LogP contribution in [-0.2, 0) is 19.4 Å². The van der Waals surface area contributed by atoms with Crippen LogP contribution in [-0.4, -0.2) is 98.0 Å².